The Morgan fingerprint density at radius 2 is 1.79 bits per heavy atom. The van der Waals surface area contributed by atoms with Crippen molar-refractivity contribution in [1.82, 2.24) is 9.97 Å². The van der Waals surface area contributed by atoms with Crippen molar-refractivity contribution in [1.29, 1.82) is 0 Å². The van der Waals surface area contributed by atoms with E-state index in [2.05, 4.69) is 43.1 Å². The fraction of sp³-hybridized carbons (Fsp3) is 0.375. The predicted molar refractivity (Wildman–Crippen MR) is 77.6 cm³/mol. The summed E-state index contributed by atoms with van der Waals surface area (Å²) in [5, 5.41) is 0.552. The predicted octanol–water partition coefficient (Wildman–Crippen LogP) is 4.33. The Morgan fingerprint density at radius 1 is 1.11 bits per heavy atom. The second-order valence-corrected chi connectivity index (χ2v) is 5.93. The van der Waals surface area contributed by atoms with Crippen LogP contribution in [0.1, 0.15) is 49.7 Å². The average Bonchev–Trinajstić information content (AvgIpc) is 3.20. The molecule has 0 unspecified atom stereocenters. The van der Waals surface area contributed by atoms with Crippen LogP contribution >= 0.6 is 11.6 Å². The van der Waals surface area contributed by atoms with Gasteiger partial charge in [-0.25, -0.2) is 9.97 Å². The van der Waals surface area contributed by atoms with Gasteiger partial charge in [0.1, 0.15) is 11.0 Å². The van der Waals surface area contributed by atoms with Crippen molar-refractivity contribution in [2.75, 3.05) is 0 Å². The normalized spacial score (nSPS) is 16.6. The Bertz CT molecular complexity index is 589. The lowest BCUT2D eigenvalue weighted by Crippen LogP contribution is -2.15. The third-order valence-corrected chi connectivity index (χ3v) is 4.00. The summed E-state index contributed by atoms with van der Waals surface area (Å²) in [6.45, 7) is 4.26. The molecule has 0 atom stereocenters. The second-order valence-electron chi connectivity index (χ2n) is 5.54. The molecule has 1 heterocycles. The monoisotopic (exact) mass is 272 g/mol. The number of halogens is 1. The quantitative estimate of drug-likeness (QED) is 0.777. The van der Waals surface area contributed by atoms with Crippen LogP contribution in [-0.2, 0) is 5.41 Å². The molecule has 0 N–H and O–H groups in total. The molecule has 3 heteroatoms. The Labute approximate surface area is 118 Å². The smallest absolute Gasteiger partial charge is 0.140 e. The van der Waals surface area contributed by atoms with E-state index in [4.69, 9.17) is 16.6 Å². The van der Waals surface area contributed by atoms with Gasteiger partial charge in [-0.05, 0) is 30.4 Å². The Hall–Kier alpha value is -1.41. The molecule has 2 nitrogen and oxygen atoms in total. The summed E-state index contributed by atoms with van der Waals surface area (Å²) in [4.78, 5) is 9.23. The molecular formula is C16H17ClN2. The molecule has 3 rings (SSSR count). The maximum Gasteiger partial charge on any atom is 0.140 e. The molecule has 0 spiro atoms. The van der Waals surface area contributed by atoms with Gasteiger partial charge in [-0.1, -0.05) is 55.8 Å². The molecule has 1 aromatic heterocycles. The van der Waals surface area contributed by atoms with Gasteiger partial charge in [0.25, 0.3) is 0 Å². The lowest BCUT2D eigenvalue weighted by atomic mass is 9.95. The summed E-state index contributed by atoms with van der Waals surface area (Å²) in [6.07, 6.45) is 2.21. The van der Waals surface area contributed by atoms with E-state index in [1.54, 1.807) is 0 Å². The highest BCUT2D eigenvalue weighted by atomic mass is 35.5. The van der Waals surface area contributed by atoms with Crippen molar-refractivity contribution in [2.24, 2.45) is 0 Å². The van der Waals surface area contributed by atoms with Crippen LogP contribution in [0, 0.1) is 0 Å². The zero-order valence-corrected chi connectivity index (χ0v) is 12.0. The lowest BCUT2D eigenvalue weighted by Gasteiger charge is -2.16. The molecule has 1 aliphatic carbocycles. The van der Waals surface area contributed by atoms with Crippen molar-refractivity contribution >= 4 is 11.6 Å². The molecule has 1 aromatic carbocycles. The topological polar surface area (TPSA) is 25.8 Å². The molecule has 98 valence electrons. The zero-order chi connectivity index (χ0) is 13.5. The van der Waals surface area contributed by atoms with E-state index in [1.807, 2.05) is 12.1 Å². The van der Waals surface area contributed by atoms with Gasteiger partial charge >= 0.3 is 0 Å². The number of rotatable bonds is 3. The molecule has 1 saturated carbocycles. The van der Waals surface area contributed by atoms with E-state index >= 15 is 0 Å². The van der Waals surface area contributed by atoms with Crippen LogP contribution in [0.3, 0.4) is 0 Å². The first-order valence-corrected chi connectivity index (χ1v) is 7.10. The highest BCUT2D eigenvalue weighted by molar-refractivity contribution is 6.29. The third kappa shape index (κ3) is 2.25. The number of hydrogen-bond acceptors (Lipinski definition) is 2. The first-order chi connectivity index (χ1) is 9.12. The van der Waals surface area contributed by atoms with Crippen LogP contribution in [0.5, 0.6) is 0 Å². The van der Waals surface area contributed by atoms with Crippen LogP contribution in [0.25, 0.3) is 0 Å². The molecule has 0 bridgehead atoms. The van der Waals surface area contributed by atoms with Crippen molar-refractivity contribution in [3.05, 3.63) is 58.6 Å². The fourth-order valence-electron chi connectivity index (χ4n) is 2.47. The molecule has 0 saturated heterocycles. The average molecular weight is 273 g/mol. The highest BCUT2D eigenvalue weighted by Crippen LogP contribution is 2.52. The number of nitrogens with zero attached hydrogens (tertiary/aromatic N) is 2. The van der Waals surface area contributed by atoms with E-state index in [0.29, 0.717) is 11.1 Å². The van der Waals surface area contributed by atoms with Crippen molar-refractivity contribution in [3.63, 3.8) is 0 Å². The summed E-state index contributed by atoms with van der Waals surface area (Å²) in [5.41, 5.74) is 2.32. The van der Waals surface area contributed by atoms with Crippen molar-refractivity contribution in [2.45, 2.75) is 38.0 Å². The second kappa shape index (κ2) is 4.61. The lowest BCUT2D eigenvalue weighted by molar-refractivity contribution is 0.716. The van der Waals surface area contributed by atoms with Gasteiger partial charge in [0.15, 0.2) is 0 Å². The number of hydrogen-bond donors (Lipinski definition) is 0. The zero-order valence-electron chi connectivity index (χ0n) is 11.2. The van der Waals surface area contributed by atoms with Crippen LogP contribution in [-0.4, -0.2) is 9.97 Å². The summed E-state index contributed by atoms with van der Waals surface area (Å²) in [6, 6.07) is 12.4. The number of benzene rings is 1. The van der Waals surface area contributed by atoms with Crippen molar-refractivity contribution < 1.29 is 0 Å². The number of aromatic nitrogens is 2. The third-order valence-electron chi connectivity index (χ3n) is 3.81. The van der Waals surface area contributed by atoms with Gasteiger partial charge in [-0.15, -0.1) is 0 Å². The maximum absolute atomic E-state index is 6.16. The summed E-state index contributed by atoms with van der Waals surface area (Å²) < 4.78 is 0. The van der Waals surface area contributed by atoms with E-state index in [0.717, 1.165) is 24.4 Å². The first-order valence-electron chi connectivity index (χ1n) is 6.72. The molecule has 19 heavy (non-hydrogen) atoms. The fourth-order valence-corrected chi connectivity index (χ4v) is 2.66. The minimum atomic E-state index is -0.00417. The van der Waals surface area contributed by atoms with Gasteiger partial charge in [-0.2, -0.15) is 0 Å². The standard InChI is InChI=1S/C16H17ClN2/c1-11(2)13-10-14(17)19-15(18-13)16(8-9-16)12-6-4-3-5-7-12/h3-7,10-11H,8-9H2,1-2H3. The van der Waals surface area contributed by atoms with Crippen LogP contribution in [0.4, 0.5) is 0 Å². The summed E-state index contributed by atoms with van der Waals surface area (Å²) in [7, 11) is 0. The first kappa shape index (κ1) is 12.6. The maximum atomic E-state index is 6.16. The largest absolute Gasteiger partial charge is 0.237 e. The van der Waals surface area contributed by atoms with Crippen LogP contribution in [0.2, 0.25) is 5.15 Å². The Kier molecular flexibility index (Phi) is 3.06. The molecule has 2 aromatic rings. The van der Waals surface area contributed by atoms with Gasteiger partial charge in [-0.3, -0.25) is 0 Å². The molecule has 1 aliphatic rings. The van der Waals surface area contributed by atoms with E-state index < -0.39 is 0 Å². The minimum absolute atomic E-state index is 0.00417. The van der Waals surface area contributed by atoms with Gasteiger partial charge in [0.05, 0.1) is 5.41 Å². The minimum Gasteiger partial charge on any atom is -0.237 e. The van der Waals surface area contributed by atoms with Gasteiger partial charge < -0.3 is 0 Å². The molecule has 1 fully saturated rings. The summed E-state index contributed by atoms with van der Waals surface area (Å²) >= 11 is 6.16. The molecular weight excluding hydrogens is 256 g/mol. The highest BCUT2D eigenvalue weighted by Gasteiger charge is 2.48. The summed E-state index contributed by atoms with van der Waals surface area (Å²) in [5.74, 6) is 1.25. The SMILES string of the molecule is CC(C)c1cc(Cl)nc(C2(c3ccccc3)CC2)n1. The Morgan fingerprint density at radius 3 is 2.37 bits per heavy atom. The molecule has 0 amide bonds. The van der Waals surface area contributed by atoms with Crippen LogP contribution in [0.15, 0.2) is 36.4 Å². The Balaban J connectivity index is 2.07. The van der Waals surface area contributed by atoms with E-state index in [-0.39, 0.29) is 5.41 Å². The van der Waals surface area contributed by atoms with E-state index in [9.17, 15) is 0 Å². The molecule has 0 aliphatic heterocycles. The van der Waals surface area contributed by atoms with E-state index in [1.165, 1.54) is 5.56 Å². The van der Waals surface area contributed by atoms with Crippen molar-refractivity contribution in [3.8, 4) is 0 Å². The van der Waals surface area contributed by atoms with Gasteiger partial charge in [0.2, 0.25) is 0 Å². The van der Waals surface area contributed by atoms with Crippen LogP contribution < -0.4 is 0 Å². The van der Waals surface area contributed by atoms with Gasteiger partial charge in [0, 0.05) is 5.69 Å². The molecule has 0 radical (unpaired) electrons.